The van der Waals surface area contributed by atoms with Crippen molar-refractivity contribution in [2.75, 3.05) is 0 Å². The van der Waals surface area contributed by atoms with Crippen LogP contribution in [0.25, 0.3) is 11.3 Å². The maximum absolute atomic E-state index is 6.31. The summed E-state index contributed by atoms with van der Waals surface area (Å²) in [7, 11) is 0. The van der Waals surface area contributed by atoms with E-state index in [2.05, 4.69) is 4.98 Å². The molecule has 0 saturated carbocycles. The van der Waals surface area contributed by atoms with Crippen molar-refractivity contribution < 1.29 is 4.74 Å². The Morgan fingerprint density at radius 3 is 2.64 bits per heavy atom. The lowest BCUT2D eigenvalue weighted by Crippen LogP contribution is -1.96. The van der Waals surface area contributed by atoms with Gasteiger partial charge in [-0.25, -0.2) is 4.98 Å². The van der Waals surface area contributed by atoms with E-state index >= 15 is 0 Å². The zero-order valence-electron chi connectivity index (χ0n) is 11.8. The number of ether oxygens (including phenoxy) is 1. The fraction of sp³-hybridized carbons (Fsp3) is 0.118. The van der Waals surface area contributed by atoms with Gasteiger partial charge in [-0.2, -0.15) is 0 Å². The zero-order valence-corrected chi connectivity index (χ0v) is 13.4. The van der Waals surface area contributed by atoms with Gasteiger partial charge in [-0.15, -0.1) is 11.3 Å². The van der Waals surface area contributed by atoms with Gasteiger partial charge >= 0.3 is 0 Å². The lowest BCUT2D eigenvalue weighted by molar-refractivity contribution is 0.306. The van der Waals surface area contributed by atoms with Gasteiger partial charge in [-0.3, -0.25) is 0 Å². The van der Waals surface area contributed by atoms with Crippen molar-refractivity contribution in [1.29, 1.82) is 0 Å². The predicted molar refractivity (Wildman–Crippen MR) is 91.2 cm³/mol. The van der Waals surface area contributed by atoms with Gasteiger partial charge in [0.1, 0.15) is 17.4 Å². The Kier molecular flexibility index (Phi) is 4.73. The van der Waals surface area contributed by atoms with Crippen LogP contribution >= 0.6 is 22.9 Å². The molecule has 0 amide bonds. The van der Waals surface area contributed by atoms with Crippen LogP contribution in [0.1, 0.15) is 10.6 Å². The minimum atomic E-state index is 0.455. The Balaban J connectivity index is 1.74. The molecule has 1 aromatic heterocycles. The smallest absolute Gasteiger partial charge is 0.138 e. The molecule has 0 aliphatic rings. The predicted octanol–water partition coefficient (Wildman–Crippen LogP) is 4.50. The topological polar surface area (TPSA) is 48.1 Å². The molecule has 2 N–H and O–H groups in total. The molecule has 0 radical (unpaired) electrons. The molecule has 3 rings (SSSR count). The Labute approximate surface area is 138 Å². The molecule has 5 heteroatoms. The van der Waals surface area contributed by atoms with Crippen molar-refractivity contribution in [2.24, 2.45) is 5.73 Å². The highest BCUT2D eigenvalue weighted by Crippen LogP contribution is 2.31. The number of benzene rings is 2. The molecular weight excluding hydrogens is 316 g/mol. The summed E-state index contributed by atoms with van der Waals surface area (Å²) < 4.78 is 5.77. The minimum Gasteiger partial charge on any atom is -0.487 e. The first kappa shape index (κ1) is 15.0. The molecule has 1 heterocycles. The van der Waals surface area contributed by atoms with E-state index in [-0.39, 0.29) is 0 Å². The molecule has 112 valence electrons. The monoisotopic (exact) mass is 330 g/mol. The van der Waals surface area contributed by atoms with Gasteiger partial charge in [0.2, 0.25) is 0 Å². The number of nitrogens with zero attached hydrogens (tertiary/aromatic N) is 1. The van der Waals surface area contributed by atoms with Crippen LogP contribution in [0.2, 0.25) is 5.02 Å². The van der Waals surface area contributed by atoms with Crippen LogP contribution in [0.3, 0.4) is 0 Å². The maximum Gasteiger partial charge on any atom is 0.138 e. The van der Waals surface area contributed by atoms with Crippen LogP contribution in [0.15, 0.2) is 53.9 Å². The molecule has 0 spiro atoms. The van der Waals surface area contributed by atoms with E-state index in [1.807, 2.05) is 53.9 Å². The summed E-state index contributed by atoms with van der Waals surface area (Å²) in [5.74, 6) is 0.670. The Morgan fingerprint density at radius 2 is 1.95 bits per heavy atom. The van der Waals surface area contributed by atoms with Crippen LogP contribution in [0.5, 0.6) is 5.75 Å². The van der Waals surface area contributed by atoms with Gasteiger partial charge in [0.05, 0.1) is 10.7 Å². The second-order valence-electron chi connectivity index (χ2n) is 4.75. The molecule has 0 fully saturated rings. The molecular formula is C17H15ClN2OS. The third kappa shape index (κ3) is 3.47. The molecule has 0 atom stereocenters. The van der Waals surface area contributed by atoms with E-state index in [4.69, 9.17) is 22.1 Å². The van der Waals surface area contributed by atoms with E-state index in [0.29, 0.717) is 23.9 Å². The first-order valence-corrected chi connectivity index (χ1v) is 8.13. The van der Waals surface area contributed by atoms with Crippen molar-refractivity contribution in [2.45, 2.75) is 13.2 Å². The van der Waals surface area contributed by atoms with Gasteiger partial charge in [0, 0.05) is 17.5 Å². The fourth-order valence-electron chi connectivity index (χ4n) is 2.05. The van der Waals surface area contributed by atoms with E-state index in [1.54, 1.807) is 11.3 Å². The summed E-state index contributed by atoms with van der Waals surface area (Å²) in [5, 5.41) is 3.48. The molecule has 0 bridgehead atoms. The van der Waals surface area contributed by atoms with E-state index in [1.165, 1.54) is 0 Å². The van der Waals surface area contributed by atoms with Gasteiger partial charge in [-0.05, 0) is 23.8 Å². The number of halogens is 1. The highest BCUT2D eigenvalue weighted by atomic mass is 35.5. The Hall–Kier alpha value is -1.88. The van der Waals surface area contributed by atoms with E-state index < -0.39 is 0 Å². The molecule has 0 unspecified atom stereocenters. The highest BCUT2D eigenvalue weighted by molar-refractivity contribution is 7.09. The summed E-state index contributed by atoms with van der Waals surface area (Å²) in [6.07, 6.45) is 0. The number of thiazole rings is 1. The Bertz CT molecular complexity index is 758. The molecule has 3 aromatic rings. The summed E-state index contributed by atoms with van der Waals surface area (Å²) in [5.41, 5.74) is 8.55. The quantitative estimate of drug-likeness (QED) is 0.749. The molecule has 3 nitrogen and oxygen atoms in total. The molecule has 2 aromatic carbocycles. The molecule has 0 aliphatic heterocycles. The van der Waals surface area contributed by atoms with Crippen LogP contribution in [0.4, 0.5) is 0 Å². The van der Waals surface area contributed by atoms with E-state index in [0.717, 1.165) is 21.8 Å². The van der Waals surface area contributed by atoms with Crippen LogP contribution in [-0.4, -0.2) is 4.98 Å². The zero-order chi connectivity index (χ0) is 15.4. The third-order valence-corrected chi connectivity index (χ3v) is 4.36. The maximum atomic E-state index is 6.31. The first-order valence-electron chi connectivity index (χ1n) is 6.87. The third-order valence-electron chi connectivity index (χ3n) is 3.19. The van der Waals surface area contributed by atoms with Crippen molar-refractivity contribution in [1.82, 2.24) is 4.98 Å². The summed E-state index contributed by atoms with van der Waals surface area (Å²) in [6, 6.07) is 15.7. The number of aromatic nitrogens is 1. The minimum absolute atomic E-state index is 0.455. The average molecular weight is 331 g/mol. The van der Waals surface area contributed by atoms with Gasteiger partial charge in [0.15, 0.2) is 0 Å². The van der Waals surface area contributed by atoms with Gasteiger partial charge in [-0.1, -0.05) is 41.9 Å². The van der Waals surface area contributed by atoms with E-state index in [9.17, 15) is 0 Å². The SMILES string of the molecule is NCc1nc(-c2ccc(OCc3ccccc3)c(Cl)c2)cs1. The lowest BCUT2D eigenvalue weighted by atomic mass is 10.1. The normalized spacial score (nSPS) is 10.6. The lowest BCUT2D eigenvalue weighted by Gasteiger charge is -2.09. The largest absolute Gasteiger partial charge is 0.487 e. The van der Waals surface area contributed by atoms with Crippen LogP contribution in [0, 0.1) is 0 Å². The summed E-state index contributed by atoms with van der Waals surface area (Å²) in [6.45, 7) is 0.949. The van der Waals surface area contributed by atoms with Crippen LogP contribution < -0.4 is 10.5 Å². The molecule has 0 aliphatic carbocycles. The van der Waals surface area contributed by atoms with Crippen LogP contribution in [-0.2, 0) is 13.2 Å². The van der Waals surface area contributed by atoms with Crippen molar-refractivity contribution >= 4 is 22.9 Å². The Morgan fingerprint density at radius 1 is 1.14 bits per heavy atom. The van der Waals surface area contributed by atoms with Crippen molar-refractivity contribution in [3.63, 3.8) is 0 Å². The second kappa shape index (κ2) is 6.92. The summed E-state index contributed by atoms with van der Waals surface area (Å²) in [4.78, 5) is 4.46. The van der Waals surface area contributed by atoms with Crippen molar-refractivity contribution in [3.8, 4) is 17.0 Å². The van der Waals surface area contributed by atoms with Crippen molar-refractivity contribution in [3.05, 3.63) is 69.5 Å². The number of hydrogen-bond donors (Lipinski definition) is 1. The number of nitrogens with two attached hydrogens (primary N) is 1. The number of hydrogen-bond acceptors (Lipinski definition) is 4. The van der Waals surface area contributed by atoms with Gasteiger partial charge < -0.3 is 10.5 Å². The molecule has 22 heavy (non-hydrogen) atoms. The van der Waals surface area contributed by atoms with Gasteiger partial charge in [0.25, 0.3) is 0 Å². The standard InChI is InChI=1S/C17H15ClN2OS/c18-14-8-13(15-11-22-17(9-19)20-15)6-7-16(14)21-10-12-4-2-1-3-5-12/h1-8,11H,9-10,19H2. The first-order chi connectivity index (χ1) is 10.8. The highest BCUT2D eigenvalue weighted by Gasteiger charge is 2.08. The second-order valence-corrected chi connectivity index (χ2v) is 6.10. The number of rotatable bonds is 5. The summed E-state index contributed by atoms with van der Waals surface area (Å²) >= 11 is 7.86. The molecule has 0 saturated heterocycles. The fourth-order valence-corrected chi connectivity index (χ4v) is 2.97. The average Bonchev–Trinajstić information content (AvgIpc) is 3.04.